The number of amides is 1. The Labute approximate surface area is 104 Å². The smallest absolute Gasteiger partial charge is 0.254 e. The minimum atomic E-state index is -3.19. The molecule has 0 heterocycles. The van der Waals surface area contributed by atoms with Gasteiger partial charge in [0.25, 0.3) is 5.91 Å². The molecule has 0 saturated heterocycles. The van der Waals surface area contributed by atoms with Gasteiger partial charge in [-0.2, -0.15) is 4.41 Å². The van der Waals surface area contributed by atoms with Gasteiger partial charge in [0, 0.05) is 14.1 Å². The van der Waals surface area contributed by atoms with E-state index in [0.29, 0.717) is 4.41 Å². The lowest BCUT2D eigenvalue weighted by Crippen LogP contribution is -2.36. The Morgan fingerprint density at radius 1 is 1.28 bits per heavy atom. The summed E-state index contributed by atoms with van der Waals surface area (Å²) in [5.41, 5.74) is 3.38. The summed E-state index contributed by atoms with van der Waals surface area (Å²) in [5, 5.41) is 1.06. The third kappa shape index (κ3) is 2.57. The van der Waals surface area contributed by atoms with Crippen molar-refractivity contribution < 1.29 is 22.0 Å². The van der Waals surface area contributed by atoms with E-state index >= 15 is 0 Å². The fourth-order valence-corrected chi connectivity index (χ4v) is 1.99. The maximum Gasteiger partial charge on any atom is 0.254 e. The van der Waals surface area contributed by atoms with Crippen LogP contribution in [0.2, 0.25) is 0 Å². The first kappa shape index (κ1) is 14.3. The van der Waals surface area contributed by atoms with Gasteiger partial charge in [-0.3, -0.25) is 4.79 Å². The highest BCUT2D eigenvalue weighted by molar-refractivity contribution is 7.73. The molecule has 0 spiro atoms. The summed E-state index contributed by atoms with van der Waals surface area (Å²) >= 11 is 0. The van der Waals surface area contributed by atoms with Crippen LogP contribution in [0.15, 0.2) is 12.1 Å². The van der Waals surface area contributed by atoms with Gasteiger partial charge in [-0.15, -0.1) is 0 Å². The third-order valence-electron chi connectivity index (χ3n) is 2.07. The molecule has 0 aliphatic rings. The molecular weight excluding hydrogens is 268 g/mol. The van der Waals surface area contributed by atoms with Crippen LogP contribution in [-0.4, -0.2) is 33.4 Å². The van der Waals surface area contributed by atoms with E-state index in [4.69, 9.17) is 5.73 Å². The quantitative estimate of drug-likeness (QED) is 0.594. The molecular formula is C9H11F2N3O3S. The largest absolute Gasteiger partial charge is 0.365 e. The number of nitrogens with zero attached hydrogens (tertiary/aromatic N) is 2. The fraction of sp³-hybridized carbons (Fsp3) is 0.222. The van der Waals surface area contributed by atoms with E-state index in [1.54, 1.807) is 0 Å². The Morgan fingerprint density at radius 3 is 2.22 bits per heavy atom. The van der Waals surface area contributed by atoms with Gasteiger partial charge in [0.1, 0.15) is 17.1 Å². The van der Waals surface area contributed by atoms with E-state index in [1.165, 1.54) is 14.1 Å². The monoisotopic (exact) mass is 279 g/mol. The number of hydrogen-bond donors (Lipinski definition) is 2. The molecule has 0 unspecified atom stereocenters. The molecule has 0 saturated carbocycles. The van der Waals surface area contributed by atoms with Crippen LogP contribution < -0.4 is 10.1 Å². The Morgan fingerprint density at radius 2 is 1.83 bits per heavy atom. The van der Waals surface area contributed by atoms with Crippen LogP contribution in [0.4, 0.5) is 14.5 Å². The zero-order chi connectivity index (χ0) is 14.0. The van der Waals surface area contributed by atoms with Gasteiger partial charge in [0.05, 0.1) is 0 Å². The van der Waals surface area contributed by atoms with Crippen molar-refractivity contribution in [1.82, 2.24) is 5.01 Å². The molecule has 0 aromatic heterocycles. The zero-order valence-electron chi connectivity index (χ0n) is 9.55. The van der Waals surface area contributed by atoms with Gasteiger partial charge in [-0.25, -0.2) is 22.2 Å². The predicted octanol–water partition coefficient (Wildman–Crippen LogP) is -0.127. The van der Waals surface area contributed by atoms with Gasteiger partial charge >= 0.3 is 0 Å². The van der Waals surface area contributed by atoms with Gasteiger partial charge in [0.15, 0.2) is 5.82 Å². The van der Waals surface area contributed by atoms with Crippen molar-refractivity contribution in [2.45, 2.75) is 0 Å². The van der Waals surface area contributed by atoms with Crippen molar-refractivity contribution in [3.63, 3.8) is 0 Å². The van der Waals surface area contributed by atoms with Crippen molar-refractivity contribution >= 4 is 22.5 Å². The minimum absolute atomic E-state index is 0.480. The lowest BCUT2D eigenvalue weighted by atomic mass is 10.1. The number of carbonyl (C=O) groups excluding carboxylic acids is 1. The number of hydrazine groups is 1. The molecule has 6 nitrogen and oxygen atoms in total. The molecule has 9 heteroatoms. The van der Waals surface area contributed by atoms with Crippen LogP contribution in [0.3, 0.4) is 0 Å². The van der Waals surface area contributed by atoms with Crippen molar-refractivity contribution in [2.24, 2.45) is 5.73 Å². The fourth-order valence-electron chi connectivity index (χ4n) is 1.37. The third-order valence-corrected chi connectivity index (χ3v) is 2.95. The normalized spacial score (nSPS) is 11.0. The van der Waals surface area contributed by atoms with Crippen LogP contribution in [0, 0.1) is 11.6 Å². The molecule has 18 heavy (non-hydrogen) atoms. The summed E-state index contributed by atoms with van der Waals surface area (Å²) in [7, 11) is -0.502. The van der Waals surface area contributed by atoms with Crippen molar-refractivity contribution in [2.75, 3.05) is 18.5 Å². The number of rotatable bonds is 4. The van der Waals surface area contributed by atoms with Crippen LogP contribution in [0.1, 0.15) is 10.4 Å². The number of hydrogen-bond acceptors (Lipinski definition) is 4. The number of nitrogens with two attached hydrogens (primary N) is 1. The Hall–Kier alpha value is -1.74. The van der Waals surface area contributed by atoms with Crippen LogP contribution in [0.25, 0.3) is 0 Å². The number of halogens is 2. The second-order valence-corrected chi connectivity index (χ2v) is 4.35. The molecule has 100 valence electrons. The van der Waals surface area contributed by atoms with E-state index in [2.05, 4.69) is 0 Å². The summed E-state index contributed by atoms with van der Waals surface area (Å²) in [5.74, 6) is -3.79. The minimum Gasteiger partial charge on any atom is -0.365 e. The summed E-state index contributed by atoms with van der Waals surface area (Å²) < 4.78 is 49.7. The Bertz CT molecular complexity index is 552. The second-order valence-electron chi connectivity index (χ2n) is 3.49. The lowest BCUT2D eigenvalue weighted by Gasteiger charge is -2.25. The Balaban J connectivity index is 3.52. The molecule has 2 N–H and O–H groups in total. The molecule has 0 bridgehead atoms. The highest BCUT2D eigenvalue weighted by Crippen LogP contribution is 2.25. The lowest BCUT2D eigenvalue weighted by molar-refractivity contribution is 0.0992. The van der Waals surface area contributed by atoms with E-state index in [0.717, 1.165) is 17.1 Å². The molecule has 1 aromatic carbocycles. The maximum atomic E-state index is 13.9. The van der Waals surface area contributed by atoms with Gasteiger partial charge in [-0.05, 0) is 12.1 Å². The number of carbonyl (C=O) groups is 1. The first-order valence-corrected chi connectivity index (χ1v) is 5.79. The van der Waals surface area contributed by atoms with Crippen molar-refractivity contribution in [3.8, 4) is 0 Å². The number of primary amides is 1. The van der Waals surface area contributed by atoms with E-state index in [9.17, 15) is 22.0 Å². The van der Waals surface area contributed by atoms with Crippen LogP contribution >= 0.6 is 0 Å². The van der Waals surface area contributed by atoms with Crippen LogP contribution in [-0.2, 0) is 10.9 Å². The summed E-state index contributed by atoms with van der Waals surface area (Å²) in [6.07, 6.45) is 0. The molecule has 0 aliphatic heterocycles. The Kier molecular flexibility index (Phi) is 4.19. The standard InChI is InChI=1S/C9H11F2N3O3S/c1-13(2)14(18(16)17)6-4-3-5(10)7(8(6)11)9(12)15/h3-4,18H,1-2H3,(H2,12,15). The highest BCUT2D eigenvalue weighted by Gasteiger charge is 2.23. The highest BCUT2D eigenvalue weighted by atomic mass is 32.2. The molecule has 1 amide bonds. The van der Waals surface area contributed by atoms with Gasteiger partial charge < -0.3 is 5.73 Å². The van der Waals surface area contributed by atoms with Gasteiger partial charge in [-0.1, -0.05) is 0 Å². The summed E-state index contributed by atoms with van der Waals surface area (Å²) in [6, 6.07) is 1.68. The van der Waals surface area contributed by atoms with Crippen molar-refractivity contribution in [1.29, 1.82) is 0 Å². The number of anilines is 1. The SMILES string of the molecule is CN(C)N(c1ccc(F)c(C(N)=O)c1F)[SH](=O)=O. The first-order chi connectivity index (χ1) is 8.27. The molecule has 0 aliphatic carbocycles. The second kappa shape index (κ2) is 5.27. The van der Waals surface area contributed by atoms with E-state index in [-0.39, 0.29) is 0 Å². The van der Waals surface area contributed by atoms with E-state index < -0.39 is 39.7 Å². The maximum absolute atomic E-state index is 13.9. The molecule has 0 radical (unpaired) electrons. The topological polar surface area (TPSA) is 83.7 Å². The van der Waals surface area contributed by atoms with Crippen LogP contribution in [0.5, 0.6) is 0 Å². The average molecular weight is 279 g/mol. The van der Waals surface area contributed by atoms with Gasteiger partial charge in [0.2, 0.25) is 10.9 Å². The molecule has 1 aromatic rings. The van der Waals surface area contributed by atoms with E-state index in [1.807, 2.05) is 0 Å². The number of benzene rings is 1. The molecule has 1 rings (SSSR count). The molecule has 0 atom stereocenters. The zero-order valence-corrected chi connectivity index (χ0v) is 10.4. The predicted molar refractivity (Wildman–Crippen MR) is 61.4 cm³/mol. The van der Waals surface area contributed by atoms with Crippen molar-refractivity contribution in [3.05, 3.63) is 29.3 Å². The number of thiol groups is 1. The average Bonchev–Trinajstić information content (AvgIpc) is 2.20. The summed E-state index contributed by atoms with van der Waals surface area (Å²) in [6.45, 7) is 0. The molecule has 0 fully saturated rings. The first-order valence-electron chi connectivity index (χ1n) is 4.66. The summed E-state index contributed by atoms with van der Waals surface area (Å²) in [4.78, 5) is 10.9.